The van der Waals surface area contributed by atoms with Crippen LogP contribution in [0.25, 0.3) is 10.9 Å². The molecule has 0 saturated carbocycles. The predicted octanol–water partition coefficient (Wildman–Crippen LogP) is 4.34. The fourth-order valence-corrected chi connectivity index (χ4v) is 3.71. The molecule has 5 heteroatoms. The molecule has 2 N–H and O–H groups in total. The fraction of sp³-hybridized carbons (Fsp3) is 0.333. The standard InChI is InChI=1S/C12H15NO2.C12H13NO/c1-7-6-10(15-3)11-9(12(7)14)5-4-8(2)13-11;1-7-4-5-10-11(14)6-8(2)13-12(10)9(7)3/h4,6,9,13H,5H2,1-3H3;4-6H,1-3H3,(H,13,14). The van der Waals surface area contributed by atoms with Crippen molar-refractivity contribution in [1.82, 2.24) is 10.3 Å². The second-order valence-corrected chi connectivity index (χ2v) is 7.72. The zero-order valence-corrected chi connectivity index (χ0v) is 17.9. The maximum atomic E-state index is 11.9. The molecule has 29 heavy (non-hydrogen) atoms. The number of Topliss-reactive ketones (excluding diaryl/α,β-unsaturated/α-hetero) is 1. The Morgan fingerprint density at radius 3 is 2.48 bits per heavy atom. The summed E-state index contributed by atoms with van der Waals surface area (Å²) in [4.78, 5) is 26.8. The van der Waals surface area contributed by atoms with Crippen molar-refractivity contribution in [3.05, 3.63) is 80.1 Å². The van der Waals surface area contributed by atoms with Crippen molar-refractivity contribution in [2.45, 2.75) is 41.0 Å². The van der Waals surface area contributed by atoms with E-state index in [9.17, 15) is 9.59 Å². The number of fused-ring (bicyclic) bond motifs is 2. The number of hydrogen-bond donors (Lipinski definition) is 2. The van der Waals surface area contributed by atoms with Crippen LogP contribution in [0.5, 0.6) is 0 Å². The Balaban J connectivity index is 0.000000166. The number of rotatable bonds is 1. The maximum Gasteiger partial charge on any atom is 0.189 e. The summed E-state index contributed by atoms with van der Waals surface area (Å²) in [5.41, 5.74) is 7.10. The molecule has 0 bridgehead atoms. The van der Waals surface area contributed by atoms with E-state index < -0.39 is 0 Å². The first-order valence-electron chi connectivity index (χ1n) is 9.77. The van der Waals surface area contributed by atoms with Gasteiger partial charge in [0.05, 0.1) is 24.2 Å². The van der Waals surface area contributed by atoms with E-state index in [0.717, 1.165) is 51.3 Å². The minimum Gasteiger partial charge on any atom is -0.495 e. The summed E-state index contributed by atoms with van der Waals surface area (Å²) in [6.45, 7) is 9.82. The number of carbonyl (C=O) groups excluding carboxylic acids is 1. The molecule has 1 aromatic heterocycles. The molecule has 152 valence electrons. The lowest BCUT2D eigenvalue weighted by Crippen LogP contribution is -2.33. The summed E-state index contributed by atoms with van der Waals surface area (Å²) in [6, 6.07) is 5.51. The lowest BCUT2D eigenvalue weighted by molar-refractivity contribution is -0.118. The van der Waals surface area contributed by atoms with Gasteiger partial charge in [0.15, 0.2) is 11.2 Å². The van der Waals surface area contributed by atoms with E-state index in [1.54, 1.807) is 19.3 Å². The first-order chi connectivity index (χ1) is 13.7. The fourth-order valence-electron chi connectivity index (χ4n) is 3.71. The number of aromatic nitrogens is 1. The Morgan fingerprint density at radius 2 is 1.79 bits per heavy atom. The lowest BCUT2D eigenvalue weighted by atomic mass is 9.85. The number of ketones is 1. The number of hydrogen-bond acceptors (Lipinski definition) is 4. The van der Waals surface area contributed by atoms with Gasteiger partial charge in [0.2, 0.25) is 0 Å². The number of ether oxygens (including phenoxy) is 1. The molecular formula is C24H28N2O3. The average molecular weight is 392 g/mol. The Labute approximate surface area is 171 Å². The highest BCUT2D eigenvalue weighted by molar-refractivity contribution is 6.00. The van der Waals surface area contributed by atoms with Crippen LogP contribution >= 0.6 is 0 Å². The number of allylic oxidation sites excluding steroid dienone is 5. The van der Waals surface area contributed by atoms with Crippen LogP contribution in [0.4, 0.5) is 0 Å². The summed E-state index contributed by atoms with van der Waals surface area (Å²) >= 11 is 0. The van der Waals surface area contributed by atoms with Gasteiger partial charge in [-0.05, 0) is 69.9 Å². The summed E-state index contributed by atoms with van der Waals surface area (Å²) in [6.07, 6.45) is 4.63. The van der Waals surface area contributed by atoms with E-state index in [1.165, 1.54) is 5.56 Å². The maximum absolute atomic E-state index is 11.9. The lowest BCUT2D eigenvalue weighted by Gasteiger charge is -2.29. The number of aromatic amines is 1. The Hall–Kier alpha value is -3.08. The molecule has 1 aromatic carbocycles. The van der Waals surface area contributed by atoms with Crippen LogP contribution in [0.15, 0.2) is 57.9 Å². The second-order valence-electron chi connectivity index (χ2n) is 7.72. The largest absolute Gasteiger partial charge is 0.495 e. The van der Waals surface area contributed by atoms with E-state index >= 15 is 0 Å². The SMILES string of the molecule is COC1=C2NC(C)=CCC2C(=O)C(C)=C1.Cc1cc(=O)c2ccc(C)c(C)c2[nH]1. The van der Waals surface area contributed by atoms with Gasteiger partial charge in [0, 0.05) is 22.8 Å². The minimum absolute atomic E-state index is 0.0753. The highest BCUT2D eigenvalue weighted by Gasteiger charge is 2.32. The van der Waals surface area contributed by atoms with Gasteiger partial charge >= 0.3 is 0 Å². The number of pyridine rings is 1. The van der Waals surface area contributed by atoms with Gasteiger partial charge in [-0.3, -0.25) is 9.59 Å². The van der Waals surface area contributed by atoms with Crippen molar-refractivity contribution in [3.63, 3.8) is 0 Å². The predicted molar refractivity (Wildman–Crippen MR) is 117 cm³/mol. The van der Waals surface area contributed by atoms with Gasteiger partial charge in [0.25, 0.3) is 0 Å². The minimum atomic E-state index is -0.0753. The normalized spacial score (nSPS) is 18.3. The molecule has 0 spiro atoms. The second kappa shape index (κ2) is 8.11. The number of carbonyl (C=O) groups is 1. The van der Waals surface area contributed by atoms with Crippen LogP contribution in [-0.4, -0.2) is 17.9 Å². The molecule has 4 rings (SSSR count). The molecule has 0 radical (unpaired) electrons. The van der Waals surface area contributed by atoms with E-state index in [1.807, 2.05) is 39.8 Å². The Kier molecular flexibility index (Phi) is 5.78. The molecule has 1 unspecified atom stereocenters. The first-order valence-corrected chi connectivity index (χ1v) is 9.77. The van der Waals surface area contributed by atoms with Gasteiger partial charge in [0.1, 0.15) is 5.76 Å². The highest BCUT2D eigenvalue weighted by atomic mass is 16.5. The van der Waals surface area contributed by atoms with Crippen molar-refractivity contribution in [1.29, 1.82) is 0 Å². The number of methoxy groups -OCH3 is 1. The highest BCUT2D eigenvalue weighted by Crippen LogP contribution is 2.31. The van der Waals surface area contributed by atoms with Crippen LogP contribution in [0.3, 0.4) is 0 Å². The number of H-pyrrole nitrogens is 1. The van der Waals surface area contributed by atoms with Gasteiger partial charge in [-0.15, -0.1) is 0 Å². The van der Waals surface area contributed by atoms with Crippen molar-refractivity contribution < 1.29 is 9.53 Å². The van der Waals surface area contributed by atoms with Crippen molar-refractivity contribution in [2.75, 3.05) is 7.11 Å². The third-order valence-electron chi connectivity index (χ3n) is 5.55. The van der Waals surface area contributed by atoms with E-state index in [4.69, 9.17) is 4.74 Å². The molecule has 0 amide bonds. The van der Waals surface area contributed by atoms with E-state index in [2.05, 4.69) is 23.3 Å². The summed E-state index contributed by atoms with van der Waals surface area (Å²) in [5, 5.41) is 4.00. The van der Waals surface area contributed by atoms with Gasteiger partial charge in [-0.25, -0.2) is 0 Å². The van der Waals surface area contributed by atoms with E-state index in [0.29, 0.717) is 0 Å². The third kappa shape index (κ3) is 4.04. The smallest absolute Gasteiger partial charge is 0.189 e. The summed E-state index contributed by atoms with van der Waals surface area (Å²) in [5.74, 6) is 0.903. The molecule has 1 aliphatic carbocycles. The van der Waals surface area contributed by atoms with Crippen molar-refractivity contribution in [2.24, 2.45) is 5.92 Å². The Morgan fingerprint density at radius 1 is 1.07 bits per heavy atom. The van der Waals surface area contributed by atoms with Crippen molar-refractivity contribution in [3.8, 4) is 0 Å². The molecule has 2 aliphatic rings. The molecule has 0 fully saturated rings. The van der Waals surface area contributed by atoms with Crippen molar-refractivity contribution >= 4 is 16.7 Å². The third-order valence-corrected chi connectivity index (χ3v) is 5.55. The molecular weight excluding hydrogens is 364 g/mol. The van der Waals surface area contributed by atoms with Gasteiger partial charge < -0.3 is 15.0 Å². The zero-order valence-electron chi connectivity index (χ0n) is 17.9. The number of aryl methyl sites for hydroxylation is 3. The average Bonchev–Trinajstić information content (AvgIpc) is 2.68. The van der Waals surface area contributed by atoms with Crippen LogP contribution in [0.1, 0.15) is 37.1 Å². The topological polar surface area (TPSA) is 71.2 Å². The summed E-state index contributed by atoms with van der Waals surface area (Å²) < 4.78 is 5.29. The summed E-state index contributed by atoms with van der Waals surface area (Å²) in [7, 11) is 1.63. The van der Waals surface area contributed by atoms with Gasteiger partial charge in [-0.2, -0.15) is 0 Å². The molecule has 2 aromatic rings. The molecule has 2 heterocycles. The van der Waals surface area contributed by atoms with Crippen LogP contribution < -0.4 is 10.7 Å². The molecule has 5 nitrogen and oxygen atoms in total. The molecule has 1 aliphatic heterocycles. The number of benzene rings is 1. The van der Waals surface area contributed by atoms with Crippen LogP contribution in [-0.2, 0) is 9.53 Å². The van der Waals surface area contributed by atoms with Crippen LogP contribution in [0.2, 0.25) is 0 Å². The zero-order chi connectivity index (χ0) is 21.3. The molecule has 0 saturated heterocycles. The first kappa shape index (κ1) is 20.6. The van der Waals surface area contributed by atoms with Crippen LogP contribution in [0, 0.1) is 26.7 Å². The quantitative estimate of drug-likeness (QED) is 0.757. The molecule has 1 atom stereocenters. The Bertz CT molecular complexity index is 1130. The number of nitrogens with one attached hydrogen (secondary N) is 2. The monoisotopic (exact) mass is 392 g/mol. The van der Waals surface area contributed by atoms with E-state index in [-0.39, 0.29) is 17.1 Å². The van der Waals surface area contributed by atoms with Gasteiger partial charge in [-0.1, -0.05) is 12.1 Å².